The number of ether oxygens (including phenoxy) is 4. The number of fused-ring (bicyclic) bond motifs is 2. The smallest absolute Gasteiger partial charge is 0.303 e. The van der Waals surface area contributed by atoms with Gasteiger partial charge in [-0.05, 0) is 91.8 Å². The first-order valence-electron chi connectivity index (χ1n) is 17.9. The van der Waals surface area contributed by atoms with E-state index in [2.05, 4.69) is 17.2 Å². The highest BCUT2D eigenvalue weighted by Crippen LogP contribution is 2.44. The monoisotopic (exact) mass is 743 g/mol. The van der Waals surface area contributed by atoms with Crippen molar-refractivity contribution in [1.29, 1.82) is 0 Å². The van der Waals surface area contributed by atoms with Crippen molar-refractivity contribution in [3.8, 4) is 34.8 Å². The maximum absolute atomic E-state index is 15.2. The number of carboxylic acids is 1. The molecule has 11 nitrogen and oxygen atoms in total. The van der Waals surface area contributed by atoms with Crippen LogP contribution in [-0.4, -0.2) is 84.3 Å². The third kappa shape index (κ3) is 8.66. The fraction of sp³-hybridized carbons (Fsp3) is 0.439. The Morgan fingerprint density at radius 3 is 2.28 bits per heavy atom. The number of benzene rings is 3. The molecule has 3 aromatic rings. The third-order valence-corrected chi connectivity index (χ3v) is 10.4. The molecule has 1 saturated carbocycles. The van der Waals surface area contributed by atoms with Gasteiger partial charge in [-0.2, -0.15) is 0 Å². The van der Waals surface area contributed by atoms with E-state index in [1.807, 2.05) is 67.3 Å². The summed E-state index contributed by atoms with van der Waals surface area (Å²) in [5, 5.41) is 13.4. The Hall–Kier alpha value is -4.92. The van der Waals surface area contributed by atoms with Crippen LogP contribution in [0.3, 0.4) is 0 Å². The Bertz CT molecular complexity index is 1880. The van der Waals surface area contributed by atoms with E-state index in [9.17, 15) is 14.7 Å². The second kappa shape index (κ2) is 16.4. The molecule has 12 heteroatoms. The normalized spacial score (nSPS) is 20.1. The van der Waals surface area contributed by atoms with Crippen molar-refractivity contribution in [2.45, 2.75) is 82.6 Å². The number of amides is 2. The molecule has 2 amide bonds. The van der Waals surface area contributed by atoms with E-state index in [4.69, 9.17) is 30.5 Å². The Labute approximate surface area is 315 Å². The number of nitrogens with zero attached hydrogens (tertiary/aromatic N) is 2. The highest BCUT2D eigenvalue weighted by Gasteiger charge is 2.57. The standard InChI is InChI=1S/C41H46ClN3O8/c1-26-19-35(42)36(20-27(26)2)53-18-17-52-32-14-10-29(11-15-32)39-41(16-6-7-30(43-41)25-45(39)37(46)8-5-9-38(47)48)40(49)44(31-12-13-31)24-28-21-33(50-3)23-34(22-28)51-4/h10-11,14-15,19-23,30-31,39,43H,5,8-9,12-13,16-18,24-25H2,1-4H3,(H,47,48)/t30-,39?,41+/m0/s1. The fourth-order valence-electron chi connectivity index (χ4n) is 7.13. The molecule has 2 fully saturated rings. The van der Waals surface area contributed by atoms with Gasteiger partial charge in [0.05, 0.1) is 31.3 Å². The molecule has 53 heavy (non-hydrogen) atoms. The number of hydrogen-bond donors (Lipinski definition) is 2. The van der Waals surface area contributed by atoms with Crippen LogP contribution in [-0.2, 0) is 20.9 Å². The maximum atomic E-state index is 15.2. The molecule has 6 rings (SSSR count). The maximum Gasteiger partial charge on any atom is 0.303 e. The Kier molecular flexibility index (Phi) is 11.7. The van der Waals surface area contributed by atoms with Gasteiger partial charge in [0.15, 0.2) is 0 Å². The van der Waals surface area contributed by atoms with E-state index >= 15 is 4.79 Å². The van der Waals surface area contributed by atoms with E-state index in [0.717, 1.165) is 35.1 Å². The lowest BCUT2D eigenvalue weighted by Gasteiger charge is -2.53. The molecule has 3 atom stereocenters. The van der Waals surface area contributed by atoms with Crippen molar-refractivity contribution in [3.05, 3.63) is 81.9 Å². The van der Waals surface area contributed by atoms with Gasteiger partial charge < -0.3 is 33.9 Å². The van der Waals surface area contributed by atoms with Gasteiger partial charge in [0.25, 0.3) is 0 Å². The van der Waals surface area contributed by atoms with Crippen LogP contribution in [0.1, 0.15) is 66.8 Å². The summed E-state index contributed by atoms with van der Waals surface area (Å²) in [5.41, 5.74) is 2.51. The molecule has 1 unspecified atom stereocenters. The average molecular weight is 744 g/mol. The molecule has 2 aliphatic heterocycles. The minimum absolute atomic E-state index is 0.0307. The largest absolute Gasteiger partial charge is 0.497 e. The van der Waals surface area contributed by atoms with Crippen LogP contribution in [0.4, 0.5) is 0 Å². The first-order chi connectivity index (χ1) is 25.5. The van der Waals surface area contributed by atoms with Crippen LogP contribution in [0.5, 0.6) is 23.0 Å². The van der Waals surface area contributed by atoms with Gasteiger partial charge in [-0.3, -0.25) is 19.7 Å². The number of methoxy groups -OCH3 is 2. The van der Waals surface area contributed by atoms with E-state index in [0.29, 0.717) is 34.6 Å². The zero-order valence-electron chi connectivity index (χ0n) is 30.6. The van der Waals surface area contributed by atoms with E-state index in [1.165, 1.54) is 0 Å². The zero-order chi connectivity index (χ0) is 37.7. The van der Waals surface area contributed by atoms with Crippen molar-refractivity contribution in [3.63, 3.8) is 0 Å². The molecular weight excluding hydrogens is 698 g/mol. The second-order valence-corrected chi connectivity index (χ2v) is 14.3. The molecule has 0 aromatic heterocycles. The number of halogens is 1. The van der Waals surface area contributed by atoms with E-state index in [1.54, 1.807) is 25.2 Å². The van der Waals surface area contributed by atoms with Crippen molar-refractivity contribution in [1.82, 2.24) is 15.1 Å². The predicted octanol–water partition coefficient (Wildman–Crippen LogP) is 5.87. The number of carbonyl (C=O) groups is 3. The van der Waals surface area contributed by atoms with Gasteiger partial charge in [0.1, 0.15) is 41.8 Å². The molecule has 2 heterocycles. The summed E-state index contributed by atoms with van der Waals surface area (Å²) in [4.78, 5) is 44.1. The van der Waals surface area contributed by atoms with Gasteiger partial charge >= 0.3 is 5.97 Å². The lowest BCUT2D eigenvalue weighted by atomic mass is 9.75. The lowest BCUT2D eigenvalue weighted by molar-refractivity contribution is -0.151. The Balaban J connectivity index is 1.28. The number of aliphatic carboxylic acids is 1. The van der Waals surface area contributed by atoms with Crippen molar-refractivity contribution < 1.29 is 38.4 Å². The summed E-state index contributed by atoms with van der Waals surface area (Å²) >= 11 is 6.37. The Morgan fingerprint density at radius 2 is 1.62 bits per heavy atom. The predicted molar refractivity (Wildman–Crippen MR) is 199 cm³/mol. The number of carboxylic acid groups (broad SMARTS) is 1. The van der Waals surface area contributed by atoms with Crippen LogP contribution in [0.2, 0.25) is 5.02 Å². The van der Waals surface area contributed by atoms with Crippen LogP contribution in [0.15, 0.2) is 54.6 Å². The summed E-state index contributed by atoms with van der Waals surface area (Å²) < 4.78 is 22.9. The van der Waals surface area contributed by atoms with Gasteiger partial charge in [0.2, 0.25) is 11.8 Å². The summed E-state index contributed by atoms with van der Waals surface area (Å²) in [7, 11) is 3.18. The summed E-state index contributed by atoms with van der Waals surface area (Å²) in [6.07, 6.45) is 2.02. The molecule has 2 bridgehead atoms. The minimum Gasteiger partial charge on any atom is -0.497 e. The molecule has 1 saturated heterocycles. The van der Waals surface area contributed by atoms with Gasteiger partial charge in [0, 0.05) is 44.5 Å². The first kappa shape index (κ1) is 37.8. The number of rotatable bonds is 16. The summed E-state index contributed by atoms with van der Waals surface area (Å²) in [6.45, 7) is 5.13. The number of piperazine rings is 1. The summed E-state index contributed by atoms with van der Waals surface area (Å²) in [6, 6.07) is 15.7. The molecule has 3 aliphatic rings. The van der Waals surface area contributed by atoms with Crippen LogP contribution < -0.4 is 24.3 Å². The molecule has 0 radical (unpaired) electrons. The van der Waals surface area contributed by atoms with Gasteiger partial charge in [-0.15, -0.1) is 0 Å². The van der Waals surface area contributed by atoms with Crippen LogP contribution in [0.25, 0.3) is 0 Å². The number of hydrogen-bond acceptors (Lipinski definition) is 8. The van der Waals surface area contributed by atoms with Crippen molar-refractivity contribution >= 4 is 29.4 Å². The fourth-order valence-corrected chi connectivity index (χ4v) is 7.40. The number of carbonyl (C=O) groups excluding carboxylic acids is 2. The molecule has 280 valence electrons. The lowest BCUT2D eigenvalue weighted by Crippen LogP contribution is -2.73. The van der Waals surface area contributed by atoms with Gasteiger partial charge in [-0.1, -0.05) is 35.6 Å². The zero-order valence-corrected chi connectivity index (χ0v) is 31.3. The first-order valence-corrected chi connectivity index (χ1v) is 18.3. The highest BCUT2D eigenvalue weighted by atomic mass is 35.5. The molecular formula is C41H46ClN3O8. The summed E-state index contributed by atoms with van der Waals surface area (Å²) in [5.74, 6) is 7.56. The van der Waals surface area contributed by atoms with Crippen molar-refractivity contribution in [2.24, 2.45) is 0 Å². The van der Waals surface area contributed by atoms with Crippen LogP contribution in [0, 0.1) is 25.7 Å². The topological polar surface area (TPSA) is 127 Å². The molecule has 2 N–H and O–H groups in total. The van der Waals surface area contributed by atoms with E-state index in [-0.39, 0.29) is 63.3 Å². The second-order valence-electron chi connectivity index (χ2n) is 13.9. The quantitative estimate of drug-likeness (QED) is 0.137. The van der Waals surface area contributed by atoms with E-state index < -0.39 is 23.6 Å². The minimum atomic E-state index is -1.26. The SMILES string of the molecule is COc1cc(CN(C(=O)[C@@]23CC#C[C@@H](CN(C(=O)CCCC(=O)O)C2c2ccc(OCCOc4cc(C)c(C)cc4Cl)cc2)N3)C2CC2)cc(OC)c1. The molecule has 0 spiro atoms. The number of nitrogens with one attached hydrogen (secondary N) is 1. The Morgan fingerprint density at radius 1 is 0.943 bits per heavy atom. The average Bonchev–Trinajstić information content (AvgIpc) is 3.99. The highest BCUT2D eigenvalue weighted by molar-refractivity contribution is 6.32. The molecule has 1 aliphatic carbocycles. The third-order valence-electron chi connectivity index (χ3n) is 10.1. The van der Waals surface area contributed by atoms with Crippen LogP contribution >= 0.6 is 11.6 Å². The van der Waals surface area contributed by atoms with Crippen molar-refractivity contribution in [2.75, 3.05) is 34.0 Å². The van der Waals surface area contributed by atoms with Gasteiger partial charge in [-0.25, -0.2) is 0 Å². The number of aryl methyl sites for hydroxylation is 2. The molecule has 3 aromatic carbocycles.